The molecule has 2 N–H and O–H groups in total. The number of carbonyl (C=O) groups excluding carboxylic acids is 3. The van der Waals surface area contributed by atoms with Crippen LogP contribution in [0.15, 0.2) is 30.3 Å². The van der Waals surface area contributed by atoms with Gasteiger partial charge in [-0.3, -0.25) is 9.59 Å². The van der Waals surface area contributed by atoms with E-state index in [0.29, 0.717) is 49.7 Å². The standard InChI is InChI=1S/C28H30O8/c1-16-7-6-10-19(29)9-5-3-4-8-18-14-23-26(27(32)25(18)28(33)35-16)20(15-24(31)36-23)17-11-12-22(34-2)21(30)13-17/h4,8,11-14,16,20,30,32H,3,5-7,9-10,15H2,1-2H3/b8-4+/t16-,20?/m0/s1. The second-order valence-electron chi connectivity index (χ2n) is 9.20. The topological polar surface area (TPSA) is 119 Å². The number of methoxy groups -OCH3 is 1. The van der Waals surface area contributed by atoms with Crippen LogP contribution in [0.3, 0.4) is 0 Å². The van der Waals surface area contributed by atoms with E-state index in [1.807, 2.05) is 6.08 Å². The zero-order valence-corrected chi connectivity index (χ0v) is 20.4. The van der Waals surface area contributed by atoms with Gasteiger partial charge in [-0.25, -0.2) is 4.79 Å². The number of phenolic OH excluding ortho intramolecular Hbond substituents is 2. The van der Waals surface area contributed by atoms with Crippen LogP contribution in [-0.2, 0) is 14.3 Å². The lowest BCUT2D eigenvalue weighted by atomic mass is 9.83. The first kappa shape index (κ1) is 25.3. The van der Waals surface area contributed by atoms with Crippen molar-refractivity contribution in [1.82, 2.24) is 0 Å². The van der Waals surface area contributed by atoms with Crippen LogP contribution in [0.1, 0.15) is 84.8 Å². The third-order valence-corrected chi connectivity index (χ3v) is 6.58. The van der Waals surface area contributed by atoms with E-state index in [0.717, 1.165) is 0 Å². The van der Waals surface area contributed by atoms with Gasteiger partial charge in [-0.2, -0.15) is 0 Å². The smallest absolute Gasteiger partial charge is 0.342 e. The third-order valence-electron chi connectivity index (χ3n) is 6.58. The van der Waals surface area contributed by atoms with E-state index in [1.54, 1.807) is 31.2 Å². The Hall–Kier alpha value is -3.81. The molecule has 2 aliphatic heterocycles. The van der Waals surface area contributed by atoms with Crippen molar-refractivity contribution in [3.8, 4) is 23.0 Å². The van der Waals surface area contributed by atoms with Crippen LogP contribution in [0.5, 0.6) is 23.0 Å². The number of phenols is 2. The Kier molecular flexibility index (Phi) is 7.62. The number of hydrogen-bond acceptors (Lipinski definition) is 8. The second-order valence-corrected chi connectivity index (χ2v) is 9.20. The monoisotopic (exact) mass is 494 g/mol. The Morgan fingerprint density at radius 2 is 1.83 bits per heavy atom. The summed E-state index contributed by atoms with van der Waals surface area (Å²) in [5.41, 5.74) is 1.19. The number of benzene rings is 2. The number of esters is 2. The fourth-order valence-corrected chi connectivity index (χ4v) is 4.73. The highest BCUT2D eigenvalue weighted by Crippen LogP contribution is 2.48. The molecule has 8 nitrogen and oxygen atoms in total. The zero-order valence-electron chi connectivity index (χ0n) is 20.4. The van der Waals surface area contributed by atoms with Crippen LogP contribution >= 0.6 is 0 Å². The minimum atomic E-state index is -0.695. The Labute approximate surface area is 209 Å². The van der Waals surface area contributed by atoms with Gasteiger partial charge in [0.25, 0.3) is 0 Å². The molecule has 0 aromatic heterocycles. The van der Waals surface area contributed by atoms with E-state index >= 15 is 0 Å². The van der Waals surface area contributed by atoms with Crippen LogP contribution in [0.2, 0.25) is 0 Å². The Morgan fingerprint density at radius 3 is 2.58 bits per heavy atom. The van der Waals surface area contributed by atoms with Gasteiger partial charge in [-0.05, 0) is 61.9 Å². The van der Waals surface area contributed by atoms with E-state index in [2.05, 4.69) is 0 Å². The van der Waals surface area contributed by atoms with Gasteiger partial charge in [0, 0.05) is 24.3 Å². The van der Waals surface area contributed by atoms with Gasteiger partial charge in [-0.15, -0.1) is 0 Å². The molecule has 0 spiro atoms. The molecule has 2 aromatic carbocycles. The molecule has 0 saturated carbocycles. The Balaban J connectivity index is 1.81. The van der Waals surface area contributed by atoms with Crippen LogP contribution in [0.25, 0.3) is 6.08 Å². The number of rotatable bonds is 2. The largest absolute Gasteiger partial charge is 0.507 e. The molecule has 36 heavy (non-hydrogen) atoms. The normalized spacial score (nSPS) is 21.9. The van der Waals surface area contributed by atoms with Crippen LogP contribution in [0.4, 0.5) is 0 Å². The molecule has 2 aliphatic rings. The molecule has 0 bridgehead atoms. The molecule has 2 atom stereocenters. The van der Waals surface area contributed by atoms with Gasteiger partial charge >= 0.3 is 11.9 Å². The molecule has 190 valence electrons. The van der Waals surface area contributed by atoms with Crippen molar-refractivity contribution in [3.05, 3.63) is 52.6 Å². The fourth-order valence-electron chi connectivity index (χ4n) is 4.73. The van der Waals surface area contributed by atoms with E-state index in [1.165, 1.54) is 13.2 Å². The second kappa shape index (κ2) is 10.8. The molecule has 2 heterocycles. The van der Waals surface area contributed by atoms with Crippen molar-refractivity contribution in [2.24, 2.45) is 0 Å². The van der Waals surface area contributed by atoms with Crippen molar-refractivity contribution in [2.45, 2.75) is 63.9 Å². The maximum absolute atomic E-state index is 13.3. The molecule has 0 aliphatic carbocycles. The maximum Gasteiger partial charge on any atom is 0.342 e. The summed E-state index contributed by atoms with van der Waals surface area (Å²) in [6.45, 7) is 1.75. The molecular weight excluding hydrogens is 464 g/mol. The summed E-state index contributed by atoms with van der Waals surface area (Å²) in [6.07, 6.45) is 6.33. The summed E-state index contributed by atoms with van der Waals surface area (Å²) >= 11 is 0. The minimum Gasteiger partial charge on any atom is -0.507 e. The molecule has 1 unspecified atom stereocenters. The number of cyclic esters (lactones) is 1. The number of ketones is 1. The lowest BCUT2D eigenvalue weighted by Crippen LogP contribution is -2.23. The molecule has 0 saturated heterocycles. The number of fused-ring (bicyclic) bond motifs is 2. The first-order chi connectivity index (χ1) is 17.3. The van der Waals surface area contributed by atoms with E-state index in [4.69, 9.17) is 14.2 Å². The zero-order chi connectivity index (χ0) is 25.8. The Morgan fingerprint density at radius 1 is 1.06 bits per heavy atom. The summed E-state index contributed by atoms with van der Waals surface area (Å²) < 4.78 is 16.2. The third kappa shape index (κ3) is 5.37. The summed E-state index contributed by atoms with van der Waals surface area (Å²) in [6, 6.07) is 6.29. The average molecular weight is 495 g/mol. The Bertz CT molecular complexity index is 1210. The first-order valence-electron chi connectivity index (χ1n) is 12.1. The summed E-state index contributed by atoms with van der Waals surface area (Å²) in [5, 5.41) is 21.7. The van der Waals surface area contributed by atoms with Crippen molar-refractivity contribution < 1.29 is 38.8 Å². The maximum atomic E-state index is 13.3. The minimum absolute atomic E-state index is 0.00864. The van der Waals surface area contributed by atoms with Crippen LogP contribution in [-0.4, -0.2) is 41.1 Å². The van der Waals surface area contributed by atoms with Crippen molar-refractivity contribution in [2.75, 3.05) is 7.11 Å². The quantitative estimate of drug-likeness (QED) is 0.441. The number of hydrogen-bond donors (Lipinski definition) is 2. The summed E-state index contributed by atoms with van der Waals surface area (Å²) in [7, 11) is 1.43. The highest BCUT2D eigenvalue weighted by molar-refractivity contribution is 5.98. The molecule has 8 heteroatoms. The van der Waals surface area contributed by atoms with Crippen LogP contribution in [0, 0.1) is 0 Å². The number of allylic oxidation sites excluding steroid dienone is 1. The number of Topliss-reactive ketones (excluding diaryl/α,β-unsaturated/α-hetero) is 1. The van der Waals surface area contributed by atoms with Gasteiger partial charge in [0.2, 0.25) is 0 Å². The summed E-state index contributed by atoms with van der Waals surface area (Å²) in [4.78, 5) is 37.8. The molecular formula is C28H30O8. The molecule has 0 radical (unpaired) electrons. The van der Waals surface area contributed by atoms with Gasteiger partial charge in [0.15, 0.2) is 11.5 Å². The van der Waals surface area contributed by atoms with Crippen molar-refractivity contribution in [1.29, 1.82) is 0 Å². The molecule has 4 rings (SSSR count). The van der Waals surface area contributed by atoms with E-state index < -0.39 is 24.0 Å². The predicted octanol–water partition coefficient (Wildman–Crippen LogP) is 5.03. The SMILES string of the molecule is COc1ccc(C2CC(=O)Oc3cc4c(c(O)c32)C(=O)O[C@@H](C)CCCC(=O)CCC/C=C/4)cc1O. The van der Waals surface area contributed by atoms with Gasteiger partial charge in [0.05, 0.1) is 19.6 Å². The number of aromatic hydroxyl groups is 2. The lowest BCUT2D eigenvalue weighted by Gasteiger charge is -2.28. The van der Waals surface area contributed by atoms with E-state index in [9.17, 15) is 24.6 Å². The highest BCUT2D eigenvalue weighted by Gasteiger charge is 2.35. The van der Waals surface area contributed by atoms with Crippen LogP contribution < -0.4 is 9.47 Å². The van der Waals surface area contributed by atoms with Gasteiger partial charge in [-0.1, -0.05) is 18.2 Å². The van der Waals surface area contributed by atoms with Crippen molar-refractivity contribution in [3.63, 3.8) is 0 Å². The molecule has 2 aromatic rings. The molecule has 0 amide bonds. The fraction of sp³-hybridized carbons (Fsp3) is 0.393. The molecule has 0 fully saturated rings. The predicted molar refractivity (Wildman–Crippen MR) is 131 cm³/mol. The average Bonchev–Trinajstić information content (AvgIpc) is 2.82. The summed E-state index contributed by atoms with van der Waals surface area (Å²) in [5.74, 6) is -1.67. The van der Waals surface area contributed by atoms with Crippen molar-refractivity contribution >= 4 is 23.8 Å². The first-order valence-corrected chi connectivity index (χ1v) is 12.1. The van der Waals surface area contributed by atoms with Gasteiger partial charge < -0.3 is 24.4 Å². The van der Waals surface area contributed by atoms with E-state index in [-0.39, 0.29) is 46.3 Å². The number of carbonyl (C=O) groups is 3. The lowest BCUT2D eigenvalue weighted by molar-refractivity contribution is -0.135. The highest BCUT2D eigenvalue weighted by atomic mass is 16.5. The number of ether oxygens (including phenoxy) is 3. The van der Waals surface area contributed by atoms with Gasteiger partial charge in [0.1, 0.15) is 22.8 Å².